The zero-order valence-corrected chi connectivity index (χ0v) is 16.0. The van der Waals surface area contributed by atoms with Crippen molar-refractivity contribution in [3.63, 3.8) is 0 Å². The van der Waals surface area contributed by atoms with Gasteiger partial charge in [0.1, 0.15) is 17.2 Å². The number of anilines is 2. The van der Waals surface area contributed by atoms with E-state index in [1.54, 1.807) is 41.2 Å². The van der Waals surface area contributed by atoms with Crippen molar-refractivity contribution in [1.29, 1.82) is 0 Å². The topological polar surface area (TPSA) is 124 Å². The summed E-state index contributed by atoms with van der Waals surface area (Å²) in [4.78, 5) is 27.3. The monoisotopic (exact) mass is 402 g/mol. The number of aromatic nitrogens is 3. The Labute approximate surface area is 171 Å². The fourth-order valence-electron chi connectivity index (χ4n) is 2.89. The molecule has 30 heavy (non-hydrogen) atoms. The zero-order chi connectivity index (χ0) is 21.1. The summed E-state index contributed by atoms with van der Waals surface area (Å²) in [6.45, 7) is 0. The molecule has 0 saturated heterocycles. The summed E-state index contributed by atoms with van der Waals surface area (Å²) >= 11 is 0. The Hall–Kier alpha value is -4.40. The highest BCUT2D eigenvalue weighted by atomic mass is 16.5. The van der Waals surface area contributed by atoms with Crippen molar-refractivity contribution < 1.29 is 14.3 Å². The number of urea groups is 1. The quantitative estimate of drug-likeness (QED) is 0.471. The molecule has 2 aromatic carbocycles. The number of pyridine rings is 1. The standard InChI is InChI=1S/C21H18N6O3/c1-27-19-7-4-15(10-13(19)12-24-27)26-21(29)25-14-2-5-16(6-3-14)30-17-8-9-23-18(11-17)20(22)28/h2-12H,1H3,(H2,22,28)(H2,25,26,29). The lowest BCUT2D eigenvalue weighted by Gasteiger charge is -2.10. The van der Waals surface area contributed by atoms with Crippen LogP contribution >= 0.6 is 0 Å². The van der Waals surface area contributed by atoms with Crippen LogP contribution in [0.25, 0.3) is 10.9 Å². The second-order valence-electron chi connectivity index (χ2n) is 6.49. The molecule has 9 nitrogen and oxygen atoms in total. The van der Waals surface area contributed by atoms with Crippen LogP contribution in [0.1, 0.15) is 10.5 Å². The summed E-state index contributed by atoms with van der Waals surface area (Å²) in [5.41, 5.74) is 7.57. The number of benzene rings is 2. The molecular formula is C21H18N6O3. The highest BCUT2D eigenvalue weighted by Gasteiger charge is 2.07. The van der Waals surface area contributed by atoms with E-state index in [2.05, 4.69) is 20.7 Å². The van der Waals surface area contributed by atoms with Crippen molar-refractivity contribution in [2.24, 2.45) is 12.8 Å². The van der Waals surface area contributed by atoms with Gasteiger partial charge in [-0.2, -0.15) is 5.10 Å². The Kier molecular flexibility index (Phi) is 5.00. The lowest BCUT2D eigenvalue weighted by atomic mass is 10.2. The van der Waals surface area contributed by atoms with Crippen molar-refractivity contribution in [2.45, 2.75) is 0 Å². The first-order chi connectivity index (χ1) is 14.5. The molecule has 9 heteroatoms. The van der Waals surface area contributed by atoms with Crippen LogP contribution in [-0.2, 0) is 7.05 Å². The minimum absolute atomic E-state index is 0.118. The number of carbonyl (C=O) groups is 2. The number of hydrogen-bond acceptors (Lipinski definition) is 5. The summed E-state index contributed by atoms with van der Waals surface area (Å²) in [6.07, 6.45) is 3.19. The summed E-state index contributed by atoms with van der Waals surface area (Å²) in [5.74, 6) is 0.335. The number of hydrogen-bond donors (Lipinski definition) is 3. The maximum absolute atomic E-state index is 12.3. The average molecular weight is 402 g/mol. The van der Waals surface area contributed by atoms with E-state index in [0.717, 1.165) is 10.9 Å². The summed E-state index contributed by atoms with van der Waals surface area (Å²) < 4.78 is 7.45. The van der Waals surface area contributed by atoms with E-state index in [9.17, 15) is 9.59 Å². The molecule has 2 aromatic heterocycles. The number of primary amides is 1. The van der Waals surface area contributed by atoms with Crippen LogP contribution in [0.15, 0.2) is 67.0 Å². The molecule has 4 N–H and O–H groups in total. The second-order valence-corrected chi connectivity index (χ2v) is 6.49. The second kappa shape index (κ2) is 7.92. The number of nitrogens with zero attached hydrogens (tertiary/aromatic N) is 3. The number of nitrogens with one attached hydrogen (secondary N) is 2. The molecule has 0 aliphatic rings. The number of ether oxygens (including phenoxy) is 1. The van der Waals surface area contributed by atoms with Gasteiger partial charge in [0.05, 0.1) is 11.7 Å². The fourth-order valence-corrected chi connectivity index (χ4v) is 2.89. The number of rotatable bonds is 5. The van der Waals surface area contributed by atoms with E-state index < -0.39 is 5.91 Å². The number of carbonyl (C=O) groups excluding carboxylic acids is 2. The van der Waals surface area contributed by atoms with Gasteiger partial charge < -0.3 is 21.1 Å². The smallest absolute Gasteiger partial charge is 0.323 e. The van der Waals surface area contributed by atoms with Gasteiger partial charge >= 0.3 is 6.03 Å². The van der Waals surface area contributed by atoms with E-state index >= 15 is 0 Å². The largest absolute Gasteiger partial charge is 0.457 e. The maximum atomic E-state index is 12.3. The minimum Gasteiger partial charge on any atom is -0.457 e. The third kappa shape index (κ3) is 4.20. The fraction of sp³-hybridized carbons (Fsp3) is 0.0476. The molecule has 150 valence electrons. The normalized spacial score (nSPS) is 10.6. The molecule has 0 fully saturated rings. The lowest BCUT2D eigenvalue weighted by molar-refractivity contribution is 0.0995. The van der Waals surface area contributed by atoms with Crippen LogP contribution in [-0.4, -0.2) is 26.7 Å². The molecule has 0 atom stereocenters. The average Bonchev–Trinajstić information content (AvgIpc) is 3.10. The Morgan fingerprint density at radius 2 is 1.70 bits per heavy atom. The van der Waals surface area contributed by atoms with E-state index in [-0.39, 0.29) is 11.7 Å². The molecule has 0 unspecified atom stereocenters. The van der Waals surface area contributed by atoms with Crippen molar-refractivity contribution in [2.75, 3.05) is 10.6 Å². The maximum Gasteiger partial charge on any atom is 0.323 e. The Morgan fingerprint density at radius 3 is 2.47 bits per heavy atom. The third-order valence-corrected chi connectivity index (χ3v) is 4.34. The van der Waals surface area contributed by atoms with Gasteiger partial charge in [-0.05, 0) is 48.5 Å². The predicted molar refractivity (Wildman–Crippen MR) is 113 cm³/mol. The predicted octanol–water partition coefficient (Wildman–Crippen LogP) is 3.50. The Balaban J connectivity index is 1.38. The molecule has 0 aliphatic carbocycles. The lowest BCUT2D eigenvalue weighted by Crippen LogP contribution is -2.19. The van der Waals surface area contributed by atoms with E-state index in [4.69, 9.17) is 10.5 Å². The highest BCUT2D eigenvalue weighted by molar-refractivity contribution is 6.01. The van der Waals surface area contributed by atoms with Gasteiger partial charge in [0.25, 0.3) is 5.91 Å². The van der Waals surface area contributed by atoms with E-state index in [0.29, 0.717) is 22.9 Å². The molecule has 3 amide bonds. The van der Waals surface area contributed by atoms with Crippen molar-refractivity contribution in [1.82, 2.24) is 14.8 Å². The van der Waals surface area contributed by atoms with Crippen molar-refractivity contribution in [3.05, 3.63) is 72.7 Å². The molecule has 4 aromatic rings. The number of amides is 3. The van der Waals surface area contributed by atoms with Gasteiger partial charge in [0.15, 0.2) is 0 Å². The molecule has 0 saturated carbocycles. The molecular weight excluding hydrogens is 384 g/mol. The summed E-state index contributed by atoms with van der Waals surface area (Å²) in [7, 11) is 1.86. The van der Waals surface area contributed by atoms with Crippen LogP contribution in [0, 0.1) is 0 Å². The van der Waals surface area contributed by atoms with Crippen LogP contribution in [0.3, 0.4) is 0 Å². The number of fused-ring (bicyclic) bond motifs is 1. The zero-order valence-electron chi connectivity index (χ0n) is 16.0. The van der Waals surface area contributed by atoms with Gasteiger partial charge in [-0.1, -0.05) is 0 Å². The van der Waals surface area contributed by atoms with Crippen molar-refractivity contribution >= 4 is 34.2 Å². The van der Waals surface area contributed by atoms with Gasteiger partial charge in [-0.25, -0.2) is 4.79 Å². The van der Waals surface area contributed by atoms with E-state index in [1.807, 2.05) is 25.2 Å². The summed E-state index contributed by atoms with van der Waals surface area (Å²) in [6, 6.07) is 15.1. The molecule has 0 aliphatic heterocycles. The minimum atomic E-state index is -0.631. The number of aryl methyl sites for hydroxylation is 1. The van der Waals surface area contributed by atoms with Crippen molar-refractivity contribution in [3.8, 4) is 11.5 Å². The SMILES string of the molecule is Cn1ncc2cc(NC(=O)Nc3ccc(Oc4ccnc(C(N)=O)c4)cc3)ccc21. The highest BCUT2D eigenvalue weighted by Crippen LogP contribution is 2.23. The van der Waals surface area contributed by atoms with Gasteiger partial charge in [0, 0.05) is 36.1 Å². The first kappa shape index (κ1) is 18.9. The van der Waals surface area contributed by atoms with Crippen LogP contribution in [0.5, 0.6) is 11.5 Å². The molecule has 2 heterocycles. The molecule has 4 rings (SSSR count). The van der Waals surface area contributed by atoms with Crippen LogP contribution < -0.4 is 21.1 Å². The Morgan fingerprint density at radius 1 is 0.967 bits per heavy atom. The number of nitrogens with two attached hydrogens (primary N) is 1. The van der Waals surface area contributed by atoms with Crippen LogP contribution in [0.4, 0.5) is 16.2 Å². The first-order valence-corrected chi connectivity index (χ1v) is 9.01. The molecule has 0 spiro atoms. The summed E-state index contributed by atoms with van der Waals surface area (Å²) in [5, 5.41) is 10.7. The Bertz CT molecular complexity index is 1230. The molecule has 0 radical (unpaired) electrons. The van der Waals surface area contributed by atoms with Gasteiger partial charge in [0.2, 0.25) is 0 Å². The van der Waals surface area contributed by atoms with Crippen LogP contribution in [0.2, 0.25) is 0 Å². The van der Waals surface area contributed by atoms with Gasteiger partial charge in [-0.15, -0.1) is 0 Å². The van der Waals surface area contributed by atoms with E-state index in [1.165, 1.54) is 12.3 Å². The third-order valence-electron chi connectivity index (χ3n) is 4.34. The molecule has 0 bridgehead atoms. The van der Waals surface area contributed by atoms with Gasteiger partial charge in [-0.3, -0.25) is 14.5 Å². The first-order valence-electron chi connectivity index (χ1n) is 9.01.